The summed E-state index contributed by atoms with van der Waals surface area (Å²) in [6.07, 6.45) is -1.74. The minimum Gasteiger partial charge on any atom is -0.508 e. The number of hydrogen-bond donors (Lipinski definition) is 14. The molecule has 9 amide bonds. The second kappa shape index (κ2) is 32.8. The number of carbonyl (C=O) groups excluding carboxylic acids is 11. The first-order valence-corrected chi connectivity index (χ1v) is 27.6. The van der Waals surface area contributed by atoms with Crippen molar-refractivity contribution in [3.63, 3.8) is 0 Å². The van der Waals surface area contributed by atoms with E-state index in [1.54, 1.807) is 30.3 Å². The molecule has 0 unspecified atom stereocenters. The molecule has 2 saturated heterocycles. The molecule has 4 rings (SSSR count). The third kappa shape index (κ3) is 23.0. The van der Waals surface area contributed by atoms with Crippen molar-refractivity contribution in [2.45, 2.75) is 113 Å². The molecule has 0 saturated carbocycles. The molecule has 79 heavy (non-hydrogen) atoms. The zero-order valence-corrected chi connectivity index (χ0v) is 44.9. The smallest absolute Gasteiger partial charge is 0.305 e. The van der Waals surface area contributed by atoms with Crippen LogP contribution in [0.25, 0.3) is 0 Å². The summed E-state index contributed by atoms with van der Waals surface area (Å²) in [4.78, 5) is 165. The summed E-state index contributed by atoms with van der Waals surface area (Å²) in [6, 6.07) is 3.78. The van der Waals surface area contributed by atoms with Crippen LogP contribution in [0.1, 0.15) is 69.4 Å². The molecule has 28 nitrogen and oxygen atoms in total. The van der Waals surface area contributed by atoms with Crippen LogP contribution in [0.2, 0.25) is 0 Å². The molecular weight excluding hydrogens is 1070 g/mol. The van der Waals surface area contributed by atoms with Crippen LogP contribution in [-0.2, 0) is 70.4 Å². The number of aliphatic carboxylic acids is 1. The minimum atomic E-state index is -1.97. The van der Waals surface area contributed by atoms with Crippen molar-refractivity contribution in [3.8, 4) is 5.75 Å². The van der Waals surface area contributed by atoms with Gasteiger partial charge in [0.05, 0.1) is 25.7 Å². The predicted molar refractivity (Wildman–Crippen MR) is 288 cm³/mol. The largest absolute Gasteiger partial charge is 0.508 e. The number of primary amides is 1. The number of aromatic hydroxyl groups is 1. The highest BCUT2D eigenvalue weighted by Crippen LogP contribution is 2.25. The molecule has 30 heteroatoms. The van der Waals surface area contributed by atoms with Crippen molar-refractivity contribution in [2.24, 2.45) is 22.2 Å². The summed E-state index contributed by atoms with van der Waals surface area (Å²) in [5.41, 5.74) is 20.1. The van der Waals surface area contributed by atoms with Crippen molar-refractivity contribution >= 4 is 98.2 Å². The maximum atomic E-state index is 14.4. The van der Waals surface area contributed by atoms with E-state index in [2.05, 4.69) is 53.0 Å². The lowest BCUT2D eigenvalue weighted by Crippen LogP contribution is -2.60. The number of nitrogens with zero attached hydrogens (tertiary/aromatic N) is 2. The van der Waals surface area contributed by atoms with Crippen molar-refractivity contribution in [1.82, 2.24) is 53.0 Å². The molecule has 0 aliphatic carbocycles. The Balaban J connectivity index is 1.71. The van der Waals surface area contributed by atoms with Gasteiger partial charge in [0.25, 0.3) is 0 Å². The summed E-state index contributed by atoms with van der Waals surface area (Å²) < 4.78 is 0. The number of aliphatic imine (C=N–C) groups is 1. The number of hydrazine groups is 1. The number of nitrogens with two attached hydrogens (primary N) is 3. The quantitative estimate of drug-likeness (QED) is 0.0126. The van der Waals surface area contributed by atoms with E-state index in [1.165, 1.54) is 36.2 Å². The fraction of sp³-hybridized carbons (Fsp3) is 0.490. The first kappa shape index (κ1) is 63.7. The fourth-order valence-corrected chi connectivity index (χ4v) is 10.2. The maximum Gasteiger partial charge on any atom is 0.305 e. The SMILES string of the molecule is CC(=O)NCNC(=O)CC[C@@H]1NC(=O)[C@H](Cc2ccccc2)NC(=O)[C@H](Cc2ccc(O)cc2)NC(=O)CCSSC[C@@H](C(=O)C(=O)[C@@H]2CCCN2N[C@H](CCCN=C(N)N)C(=O)NCC(N)=O)NC(=O)[C@H](CC(=O)O)NC1=O. The summed E-state index contributed by atoms with van der Waals surface area (Å²) in [7, 11) is 2.02. The standard InChI is InChI=1S/C49H68N14O14S2/c1-27(64)55-26-56-39(67)16-15-31-45(74)60-35(23-41(69)70)48(77)61-36(42(71)43(72)37-10-6-19-63(37)62-32(9-5-18-53-49(51)52)44(73)54-24-38(50)66)25-79-78-20-17-40(68)57-33(22-29-11-13-30(65)14-12-29)46(75)59-34(47(76)58-31)21-28-7-3-2-4-8-28/h2-4,7-8,11-14,31-37,62,65H,5-6,9-10,15-26H2,1H3,(H2,50,66)(H,54,73)(H,55,64)(H,56,67)(H,57,68)(H,58,76)(H,59,75)(H,60,74)(H,61,77)(H,69,70)(H4,51,52,53)/t31-,32+,33-,34-,35-,36-,37-/m0/s1. The number of ketones is 2. The Labute approximate surface area is 462 Å². The number of phenolic OH excluding ortho intramolecular Hbond substituents is 1. The number of hydrogen-bond acceptors (Lipinski definition) is 18. The third-order valence-electron chi connectivity index (χ3n) is 12.1. The van der Waals surface area contributed by atoms with E-state index in [4.69, 9.17) is 17.2 Å². The summed E-state index contributed by atoms with van der Waals surface area (Å²) in [5.74, 6) is -11.8. The molecule has 2 aromatic carbocycles. The third-order valence-corrected chi connectivity index (χ3v) is 14.5. The Bertz CT molecular complexity index is 2540. The number of carboxylic acid groups (broad SMARTS) is 1. The van der Waals surface area contributed by atoms with Gasteiger partial charge in [-0.25, -0.2) is 10.4 Å². The molecule has 2 fully saturated rings. The Kier molecular flexibility index (Phi) is 26.4. The Morgan fingerprint density at radius 1 is 0.759 bits per heavy atom. The van der Waals surface area contributed by atoms with Gasteiger partial charge in [0.15, 0.2) is 5.96 Å². The van der Waals surface area contributed by atoms with E-state index in [-0.39, 0.29) is 81.5 Å². The maximum absolute atomic E-state index is 14.4. The first-order valence-electron chi connectivity index (χ1n) is 25.1. The number of phenols is 1. The average Bonchev–Trinajstić information content (AvgIpc) is 3.86. The molecule has 2 heterocycles. The van der Waals surface area contributed by atoms with Gasteiger partial charge in [-0.3, -0.25) is 62.5 Å². The van der Waals surface area contributed by atoms with Gasteiger partial charge in [-0.15, -0.1) is 0 Å². The van der Waals surface area contributed by atoms with Crippen molar-refractivity contribution in [2.75, 3.05) is 37.8 Å². The lowest BCUT2D eigenvalue weighted by molar-refractivity contribution is -0.143. The fourth-order valence-electron chi connectivity index (χ4n) is 8.05. The molecule has 430 valence electrons. The van der Waals surface area contributed by atoms with E-state index in [0.29, 0.717) is 17.5 Å². The monoisotopic (exact) mass is 1140 g/mol. The van der Waals surface area contributed by atoms with E-state index in [0.717, 1.165) is 21.6 Å². The normalized spacial score (nSPS) is 21.3. The van der Waals surface area contributed by atoms with Crippen molar-refractivity contribution < 1.29 is 67.7 Å². The molecule has 0 spiro atoms. The summed E-state index contributed by atoms with van der Waals surface area (Å²) >= 11 is 0. The van der Waals surface area contributed by atoms with Crippen LogP contribution in [0, 0.1) is 0 Å². The Morgan fingerprint density at radius 3 is 2.03 bits per heavy atom. The first-order chi connectivity index (χ1) is 37.6. The molecule has 2 aliphatic heterocycles. The van der Waals surface area contributed by atoms with Crippen LogP contribution in [0.15, 0.2) is 59.6 Å². The molecule has 2 aliphatic rings. The van der Waals surface area contributed by atoms with Gasteiger partial charge in [0, 0.05) is 57.2 Å². The highest BCUT2D eigenvalue weighted by Gasteiger charge is 2.41. The van der Waals surface area contributed by atoms with Crippen LogP contribution < -0.4 is 65.2 Å². The number of carbonyl (C=O) groups is 12. The molecule has 0 aromatic heterocycles. The predicted octanol–water partition coefficient (Wildman–Crippen LogP) is -4.02. The number of rotatable bonds is 23. The van der Waals surface area contributed by atoms with Gasteiger partial charge in [-0.1, -0.05) is 64.1 Å². The molecule has 7 atom stereocenters. The number of nitrogens with one attached hydrogen (secondary N) is 9. The number of carboxylic acids is 1. The van der Waals surface area contributed by atoms with E-state index < -0.39 is 139 Å². The highest BCUT2D eigenvalue weighted by atomic mass is 33.1. The van der Waals surface area contributed by atoms with Crippen LogP contribution in [0.3, 0.4) is 0 Å². The number of guanidine groups is 1. The van der Waals surface area contributed by atoms with E-state index in [1.807, 2.05) is 0 Å². The lowest BCUT2D eigenvalue weighted by Gasteiger charge is -2.30. The molecule has 17 N–H and O–H groups in total. The van der Waals surface area contributed by atoms with Crippen molar-refractivity contribution in [1.29, 1.82) is 0 Å². The van der Waals surface area contributed by atoms with Crippen LogP contribution >= 0.6 is 21.6 Å². The van der Waals surface area contributed by atoms with Crippen LogP contribution in [0.4, 0.5) is 0 Å². The van der Waals surface area contributed by atoms with Gasteiger partial charge in [-0.2, -0.15) is 0 Å². The molecule has 2 aromatic rings. The molecule has 0 radical (unpaired) electrons. The van der Waals surface area contributed by atoms with Gasteiger partial charge in [-0.05, 0) is 55.4 Å². The van der Waals surface area contributed by atoms with Gasteiger partial charge < -0.3 is 69.9 Å². The number of Topliss-reactive ketones (excluding diaryl/α,β-unsaturated/α-hetero) is 2. The van der Waals surface area contributed by atoms with Crippen molar-refractivity contribution in [3.05, 3.63) is 65.7 Å². The van der Waals surface area contributed by atoms with Gasteiger partial charge in [0.2, 0.25) is 64.7 Å². The van der Waals surface area contributed by atoms with E-state index >= 15 is 0 Å². The van der Waals surface area contributed by atoms with Crippen LogP contribution in [-0.4, -0.2) is 172 Å². The van der Waals surface area contributed by atoms with Crippen LogP contribution in [0.5, 0.6) is 5.75 Å². The number of amides is 9. The summed E-state index contributed by atoms with van der Waals surface area (Å²) in [6.45, 7) is 0.697. The zero-order chi connectivity index (χ0) is 58.0. The van der Waals surface area contributed by atoms with Gasteiger partial charge >= 0.3 is 5.97 Å². The number of benzene rings is 2. The second-order valence-corrected chi connectivity index (χ2v) is 20.9. The summed E-state index contributed by atoms with van der Waals surface area (Å²) in [5, 5.41) is 41.1. The second-order valence-electron chi connectivity index (χ2n) is 18.3. The molecular formula is C49H68N14O14S2. The highest BCUT2D eigenvalue weighted by molar-refractivity contribution is 8.76. The Morgan fingerprint density at radius 2 is 1.38 bits per heavy atom. The average molecular weight is 1140 g/mol. The lowest BCUT2D eigenvalue weighted by atomic mass is 10.0. The van der Waals surface area contributed by atoms with Gasteiger partial charge in [0.1, 0.15) is 42.0 Å². The Hall–Kier alpha value is -7.83. The molecule has 0 bridgehead atoms. The minimum absolute atomic E-state index is 0.0545. The topological polar surface area (TPSA) is 447 Å². The zero-order valence-electron chi connectivity index (χ0n) is 43.3. The van der Waals surface area contributed by atoms with E-state index in [9.17, 15) is 67.7 Å².